The van der Waals surface area contributed by atoms with E-state index < -0.39 is 16.3 Å². The highest BCUT2D eigenvalue weighted by Gasteiger charge is 2.14. The molecule has 1 heterocycles. The molecule has 3 aromatic rings. The molecule has 8 heteroatoms. The lowest BCUT2D eigenvalue weighted by atomic mass is 10.1. The first-order valence-corrected chi connectivity index (χ1v) is 6.90. The molecule has 0 saturated carbocycles. The second-order valence-corrected chi connectivity index (χ2v) is 5.08. The van der Waals surface area contributed by atoms with Crippen LogP contribution in [0.5, 0.6) is 0 Å². The number of rotatable bonds is 4. The molecule has 2 aromatic carbocycles. The lowest BCUT2D eigenvalue weighted by Gasteiger charge is -2.03. The lowest BCUT2D eigenvalue weighted by Crippen LogP contribution is -2.19. The highest BCUT2D eigenvalue weighted by atomic mass is 19.1. The van der Waals surface area contributed by atoms with E-state index in [0.29, 0.717) is 5.52 Å². The van der Waals surface area contributed by atoms with Crippen LogP contribution >= 0.6 is 0 Å². The van der Waals surface area contributed by atoms with Crippen LogP contribution in [0.25, 0.3) is 11.0 Å². The second-order valence-electron chi connectivity index (χ2n) is 5.08. The van der Waals surface area contributed by atoms with Crippen molar-refractivity contribution in [1.82, 2.24) is 9.97 Å². The zero-order valence-electron chi connectivity index (χ0n) is 12.2. The average Bonchev–Trinajstić information content (AvgIpc) is 2.55. The van der Waals surface area contributed by atoms with Gasteiger partial charge in [-0.2, -0.15) is 0 Å². The number of aromatic nitrogens is 2. The van der Waals surface area contributed by atoms with Gasteiger partial charge in [0.25, 0.3) is 11.2 Å². The van der Waals surface area contributed by atoms with Gasteiger partial charge in [-0.1, -0.05) is 0 Å². The van der Waals surface area contributed by atoms with Crippen molar-refractivity contribution in [2.45, 2.75) is 6.42 Å². The van der Waals surface area contributed by atoms with E-state index >= 15 is 0 Å². The number of benzene rings is 2. The van der Waals surface area contributed by atoms with Gasteiger partial charge in [-0.3, -0.25) is 19.7 Å². The molecule has 7 nitrogen and oxygen atoms in total. The average molecular weight is 327 g/mol. The summed E-state index contributed by atoms with van der Waals surface area (Å²) in [5.41, 5.74) is 0.0370. The molecular weight excluding hydrogens is 317 g/mol. The number of hydrogen-bond donors (Lipinski definition) is 1. The Morgan fingerprint density at radius 1 is 1.21 bits per heavy atom. The highest BCUT2D eigenvalue weighted by molar-refractivity contribution is 5.97. The van der Waals surface area contributed by atoms with E-state index in [1.807, 2.05) is 0 Å². The number of carbonyl (C=O) groups excluding carboxylic acids is 1. The lowest BCUT2D eigenvalue weighted by molar-refractivity contribution is -0.384. The van der Waals surface area contributed by atoms with E-state index in [1.165, 1.54) is 30.3 Å². The van der Waals surface area contributed by atoms with Gasteiger partial charge >= 0.3 is 0 Å². The van der Waals surface area contributed by atoms with E-state index in [0.717, 1.165) is 12.1 Å². The van der Waals surface area contributed by atoms with Crippen molar-refractivity contribution in [3.63, 3.8) is 0 Å². The minimum Gasteiger partial charge on any atom is -0.319 e. The van der Waals surface area contributed by atoms with Gasteiger partial charge in [0, 0.05) is 17.7 Å². The SMILES string of the molecule is O=C(Cc1nc2ccc([N+](=O)[O-])cc2[nH]c1=O)c1ccc(F)cc1. The molecule has 3 rings (SSSR count). The number of ketones is 1. The molecule has 0 bridgehead atoms. The Bertz CT molecular complexity index is 1010. The first-order valence-electron chi connectivity index (χ1n) is 6.90. The molecule has 0 amide bonds. The minimum absolute atomic E-state index is 0.00863. The summed E-state index contributed by atoms with van der Waals surface area (Å²) in [6.45, 7) is 0. The first-order chi connectivity index (χ1) is 11.4. The molecule has 1 N–H and O–H groups in total. The fourth-order valence-corrected chi connectivity index (χ4v) is 2.24. The molecule has 0 fully saturated rings. The van der Waals surface area contributed by atoms with Gasteiger partial charge < -0.3 is 4.98 Å². The number of nitro groups is 1. The Morgan fingerprint density at radius 2 is 1.92 bits per heavy atom. The molecule has 0 aliphatic rings. The third-order valence-electron chi connectivity index (χ3n) is 3.45. The summed E-state index contributed by atoms with van der Waals surface area (Å²) in [6, 6.07) is 8.84. The van der Waals surface area contributed by atoms with Crippen molar-refractivity contribution in [3.05, 3.63) is 80.0 Å². The van der Waals surface area contributed by atoms with Crippen LogP contribution in [0.15, 0.2) is 47.3 Å². The fourth-order valence-electron chi connectivity index (χ4n) is 2.24. The van der Waals surface area contributed by atoms with Crippen LogP contribution < -0.4 is 5.56 Å². The number of nitrogens with one attached hydrogen (secondary N) is 1. The largest absolute Gasteiger partial charge is 0.319 e. The van der Waals surface area contributed by atoms with Crippen molar-refractivity contribution in [3.8, 4) is 0 Å². The van der Waals surface area contributed by atoms with Crippen LogP contribution in [0.3, 0.4) is 0 Å². The Morgan fingerprint density at radius 3 is 2.58 bits per heavy atom. The maximum Gasteiger partial charge on any atom is 0.271 e. The Kier molecular flexibility index (Phi) is 3.87. The number of non-ortho nitro benzene ring substituents is 1. The number of hydrogen-bond acceptors (Lipinski definition) is 5. The predicted octanol–water partition coefficient (Wildman–Crippen LogP) is 2.40. The molecule has 0 aliphatic carbocycles. The summed E-state index contributed by atoms with van der Waals surface area (Å²) in [5.74, 6) is -0.843. The van der Waals surface area contributed by atoms with Crippen LogP contribution in [0.2, 0.25) is 0 Å². The van der Waals surface area contributed by atoms with Gasteiger partial charge in [-0.15, -0.1) is 0 Å². The number of H-pyrrole nitrogens is 1. The summed E-state index contributed by atoms with van der Waals surface area (Å²) in [6.07, 6.45) is -0.256. The van der Waals surface area contributed by atoms with Crippen LogP contribution in [0.4, 0.5) is 10.1 Å². The standard InChI is InChI=1S/C16H10FN3O4/c17-10-3-1-9(2-4-10)15(21)8-14-16(22)19-13-7-11(20(23)24)5-6-12(13)18-14/h1-7H,8H2,(H,19,22). The molecule has 120 valence electrons. The minimum atomic E-state index is -0.599. The predicted molar refractivity (Wildman–Crippen MR) is 83.5 cm³/mol. The first kappa shape index (κ1) is 15.5. The molecular formula is C16H10FN3O4. The highest BCUT2D eigenvalue weighted by Crippen LogP contribution is 2.17. The zero-order chi connectivity index (χ0) is 17.3. The Labute approximate surface area is 133 Å². The zero-order valence-corrected chi connectivity index (χ0v) is 12.2. The number of nitrogens with zero attached hydrogens (tertiary/aromatic N) is 2. The van der Waals surface area contributed by atoms with Gasteiger partial charge in [0.15, 0.2) is 5.78 Å². The van der Waals surface area contributed by atoms with Crippen LogP contribution in [0, 0.1) is 15.9 Å². The number of aromatic amines is 1. The van der Waals surface area contributed by atoms with Crippen molar-refractivity contribution >= 4 is 22.5 Å². The van der Waals surface area contributed by atoms with E-state index in [4.69, 9.17) is 0 Å². The summed E-state index contributed by atoms with van der Waals surface area (Å²) >= 11 is 0. The van der Waals surface area contributed by atoms with Gasteiger partial charge in [-0.25, -0.2) is 9.37 Å². The van der Waals surface area contributed by atoms with Crippen LogP contribution in [-0.2, 0) is 6.42 Å². The van der Waals surface area contributed by atoms with E-state index in [1.54, 1.807) is 0 Å². The maximum atomic E-state index is 12.9. The number of Topliss-reactive ketones (excluding diaryl/α,β-unsaturated/α-hetero) is 1. The summed E-state index contributed by atoms with van der Waals surface area (Å²) < 4.78 is 12.9. The monoisotopic (exact) mass is 327 g/mol. The maximum absolute atomic E-state index is 12.9. The summed E-state index contributed by atoms with van der Waals surface area (Å²) in [7, 11) is 0. The van der Waals surface area contributed by atoms with Gasteiger partial charge in [0.05, 0.1) is 22.4 Å². The van der Waals surface area contributed by atoms with Gasteiger partial charge in [0.2, 0.25) is 0 Å². The van der Waals surface area contributed by atoms with Crippen LogP contribution in [0.1, 0.15) is 16.1 Å². The summed E-state index contributed by atoms with van der Waals surface area (Å²) in [4.78, 5) is 40.9. The third-order valence-corrected chi connectivity index (χ3v) is 3.45. The molecule has 0 aliphatic heterocycles. The molecule has 0 saturated heterocycles. The van der Waals surface area contributed by atoms with E-state index in [2.05, 4.69) is 9.97 Å². The molecule has 0 unspecified atom stereocenters. The molecule has 1 aromatic heterocycles. The normalized spacial score (nSPS) is 10.7. The number of carbonyl (C=O) groups is 1. The van der Waals surface area contributed by atoms with Gasteiger partial charge in [-0.05, 0) is 30.3 Å². The summed E-state index contributed by atoms with van der Waals surface area (Å²) in [5, 5.41) is 10.7. The second kappa shape index (κ2) is 5.99. The molecule has 0 atom stereocenters. The van der Waals surface area contributed by atoms with E-state index in [9.17, 15) is 24.1 Å². The fraction of sp³-hybridized carbons (Fsp3) is 0.0625. The smallest absolute Gasteiger partial charge is 0.271 e. The number of fused-ring (bicyclic) bond motifs is 1. The van der Waals surface area contributed by atoms with Crippen molar-refractivity contribution in [2.24, 2.45) is 0 Å². The molecule has 0 radical (unpaired) electrons. The van der Waals surface area contributed by atoms with Crippen molar-refractivity contribution < 1.29 is 14.1 Å². The number of halogens is 1. The topological polar surface area (TPSA) is 106 Å². The number of nitro benzene ring substituents is 1. The molecule has 24 heavy (non-hydrogen) atoms. The van der Waals surface area contributed by atoms with Crippen molar-refractivity contribution in [1.29, 1.82) is 0 Å². The van der Waals surface area contributed by atoms with Crippen molar-refractivity contribution in [2.75, 3.05) is 0 Å². The van der Waals surface area contributed by atoms with Gasteiger partial charge in [0.1, 0.15) is 11.5 Å². The molecule has 0 spiro atoms. The Hall–Kier alpha value is -3.42. The third kappa shape index (κ3) is 3.02. The quantitative estimate of drug-likeness (QED) is 0.450. The Balaban J connectivity index is 1.95. The van der Waals surface area contributed by atoms with E-state index in [-0.39, 0.29) is 34.7 Å². The van der Waals surface area contributed by atoms with Crippen LogP contribution in [-0.4, -0.2) is 20.7 Å².